The zero-order valence-electron chi connectivity index (χ0n) is 50.1. The number of amides is 10. The van der Waals surface area contributed by atoms with E-state index >= 15 is 0 Å². The van der Waals surface area contributed by atoms with Crippen molar-refractivity contribution in [1.82, 2.24) is 57.7 Å². The number of rotatable bonds is 30. The first kappa shape index (κ1) is 67.6. The minimum atomic E-state index is -1.45. The van der Waals surface area contributed by atoms with Gasteiger partial charge in [0, 0.05) is 49.5 Å². The van der Waals surface area contributed by atoms with E-state index in [0.717, 1.165) is 16.5 Å². The van der Waals surface area contributed by atoms with Gasteiger partial charge in [0.05, 0.1) is 26.2 Å². The van der Waals surface area contributed by atoms with Crippen molar-refractivity contribution in [3.05, 3.63) is 132 Å². The highest BCUT2D eigenvalue weighted by Gasteiger charge is 2.40. The number of hydrogen-bond donors (Lipinski definition) is 14. The van der Waals surface area contributed by atoms with Crippen molar-refractivity contribution < 1.29 is 72.8 Å². The van der Waals surface area contributed by atoms with Crippen LogP contribution in [-0.2, 0) is 83.2 Å². The Labute approximate surface area is 518 Å². The summed E-state index contributed by atoms with van der Waals surface area (Å²) in [6, 6.07) is 16.2. The Kier molecular flexibility index (Phi) is 24.3. The van der Waals surface area contributed by atoms with Crippen LogP contribution in [0.15, 0.2) is 109 Å². The number of esters is 1. The Morgan fingerprint density at radius 1 is 0.622 bits per heavy atom. The van der Waals surface area contributed by atoms with Gasteiger partial charge in [-0.1, -0.05) is 72.8 Å². The number of carbonyl (C=O) groups excluding carboxylic acids is 11. The largest absolute Gasteiger partial charge is 0.508 e. The molecule has 0 radical (unpaired) electrons. The number of para-hydroxylation sites is 1. The van der Waals surface area contributed by atoms with Crippen LogP contribution in [0.3, 0.4) is 0 Å². The molecule has 1 aromatic heterocycles. The SMILES string of the molecule is COC(=O)[C@@H](Cc1c[nH]c2ccccc12)NC(=O)C[C@H]1NC(=O)[C@@H](CCCCNC(=O)[C@H](CO)NC(=O)[C@@H]2CCCN2C(=O)[C@H](Cc2ccc(O)cc2)NC(=O)[C@@H](C)NC(=O)[C@H](Cc2ccccc2)NC(=O)[C@@H](C)NC(=O)[C@@H](N)Cc2ccc(O)cc2)NC1=O. The van der Waals surface area contributed by atoms with Gasteiger partial charge in [0.1, 0.15) is 65.9 Å². The molecular weight excluding hydrogens is 1160 g/mol. The monoisotopic (exact) mass is 1240 g/mol. The number of nitrogens with two attached hydrogens (primary N) is 1. The molecule has 27 nitrogen and oxygen atoms in total. The van der Waals surface area contributed by atoms with Gasteiger partial charge in [0.2, 0.25) is 59.1 Å². The van der Waals surface area contributed by atoms with Gasteiger partial charge >= 0.3 is 5.97 Å². The molecule has 0 aliphatic carbocycles. The van der Waals surface area contributed by atoms with E-state index < -0.39 is 138 Å². The number of aromatic amines is 1. The lowest BCUT2D eigenvalue weighted by Crippen LogP contribution is -2.62. The van der Waals surface area contributed by atoms with Crippen LogP contribution in [0, 0.1) is 0 Å². The first-order valence-electron chi connectivity index (χ1n) is 29.7. The van der Waals surface area contributed by atoms with Crippen molar-refractivity contribution in [2.75, 3.05) is 26.8 Å². The number of carbonyl (C=O) groups is 11. The quantitative estimate of drug-likeness (QED) is 0.0193. The van der Waals surface area contributed by atoms with Crippen molar-refractivity contribution in [3.8, 4) is 11.5 Å². The van der Waals surface area contributed by atoms with E-state index in [4.69, 9.17) is 10.5 Å². The van der Waals surface area contributed by atoms with Gasteiger partial charge in [-0.2, -0.15) is 0 Å². The van der Waals surface area contributed by atoms with Gasteiger partial charge in [0.25, 0.3) is 0 Å². The summed E-state index contributed by atoms with van der Waals surface area (Å²) in [6.45, 7) is 2.09. The van der Waals surface area contributed by atoms with E-state index in [9.17, 15) is 68.1 Å². The van der Waals surface area contributed by atoms with Gasteiger partial charge in [-0.05, 0) is 105 Å². The minimum absolute atomic E-state index is 0.0250. The Bertz CT molecular complexity index is 3360. The predicted molar refractivity (Wildman–Crippen MR) is 326 cm³/mol. The average Bonchev–Trinajstić information content (AvgIpc) is 1.96. The van der Waals surface area contributed by atoms with Crippen LogP contribution in [0.4, 0.5) is 0 Å². The number of nitrogens with one attached hydrogen (secondary N) is 10. The van der Waals surface area contributed by atoms with Crippen LogP contribution in [0.25, 0.3) is 10.9 Å². The Balaban J connectivity index is 0.885. The molecule has 27 heteroatoms. The Hall–Kier alpha value is -9.89. The van der Waals surface area contributed by atoms with E-state index in [1.165, 1.54) is 50.1 Å². The number of aliphatic hydroxyl groups excluding tert-OH is 1. The predicted octanol–water partition coefficient (Wildman–Crippen LogP) is -1.06. The van der Waals surface area contributed by atoms with Crippen LogP contribution in [0.5, 0.6) is 11.5 Å². The molecule has 7 rings (SSSR count). The number of methoxy groups -OCH3 is 1. The number of unbranched alkanes of at least 4 members (excludes halogenated alkanes) is 1. The Morgan fingerprint density at radius 3 is 1.86 bits per heavy atom. The number of phenols is 2. The van der Waals surface area contributed by atoms with Crippen LogP contribution >= 0.6 is 0 Å². The normalized spacial score (nSPS) is 17.7. The standard InChI is InChI=1S/C63H78N12O15/c1-35(67-56(82)44(64)28-38-18-22-41(77)23-19-38)54(80)71-47(29-37-12-5-4-6-13-37)59(85)68-36(2)55(81)73-49(30-39-20-24-42(78)25-21-39)62(88)75-27-11-17-52(75)61(87)74-51(34-76)57(83)65-26-10-9-16-46-58(84)72-48(60(86)70-46)32-53(79)69-50(63(89)90-3)31-40-33-66-45-15-8-7-14-43(40)45/h4-8,12-15,18-25,33,35-36,44,46-52,66,76-78H,9-11,16-17,26-32,34,64H2,1-3H3,(H,65,83)(H,67,82)(H,68,85)(H,69,79)(H,70,86)(H,71,80)(H,72,84)(H,73,81)(H,74,87)/t35-,36-,44+,46-,47+,48-,49+,50-,51+,52+/m1/s1. The molecule has 2 aliphatic rings. The molecule has 0 bridgehead atoms. The van der Waals surface area contributed by atoms with E-state index in [1.54, 1.807) is 60.8 Å². The van der Waals surface area contributed by atoms with Gasteiger partial charge in [-0.25, -0.2) is 4.79 Å². The molecule has 2 saturated heterocycles. The first-order valence-corrected chi connectivity index (χ1v) is 29.7. The fourth-order valence-corrected chi connectivity index (χ4v) is 10.6. The van der Waals surface area contributed by atoms with Crippen molar-refractivity contribution in [2.24, 2.45) is 5.73 Å². The van der Waals surface area contributed by atoms with Crippen molar-refractivity contribution in [2.45, 2.75) is 138 Å². The molecule has 2 aliphatic heterocycles. The van der Waals surface area contributed by atoms with Gasteiger partial charge in [0.15, 0.2) is 0 Å². The highest BCUT2D eigenvalue weighted by atomic mass is 16.5. The zero-order chi connectivity index (χ0) is 65.0. The molecule has 10 amide bonds. The number of piperazine rings is 1. The fraction of sp³-hybridized carbons (Fsp3) is 0.413. The number of nitrogens with zero attached hydrogens (tertiary/aromatic N) is 1. The van der Waals surface area contributed by atoms with E-state index in [2.05, 4.69) is 52.8 Å². The molecule has 15 N–H and O–H groups in total. The number of ether oxygens (including phenoxy) is 1. The number of aliphatic hydroxyl groups is 1. The molecule has 4 aromatic carbocycles. The number of phenolic OH excluding ortho intramolecular Hbond substituents is 2. The number of likely N-dealkylation sites (tertiary alicyclic amines) is 1. The van der Waals surface area contributed by atoms with Crippen molar-refractivity contribution in [3.63, 3.8) is 0 Å². The molecule has 10 atom stereocenters. The summed E-state index contributed by atoms with van der Waals surface area (Å²) in [6.07, 6.45) is 2.66. The molecule has 2 fully saturated rings. The van der Waals surface area contributed by atoms with Crippen molar-refractivity contribution in [1.29, 1.82) is 0 Å². The van der Waals surface area contributed by atoms with Crippen LogP contribution < -0.4 is 53.6 Å². The number of fused-ring (bicyclic) bond motifs is 1. The number of hydrogen-bond acceptors (Lipinski definition) is 16. The lowest BCUT2D eigenvalue weighted by Gasteiger charge is -2.30. The lowest BCUT2D eigenvalue weighted by atomic mass is 10.0. The highest BCUT2D eigenvalue weighted by molar-refractivity contribution is 6.00. The molecule has 3 heterocycles. The number of aromatic hydroxyl groups is 2. The third-order valence-corrected chi connectivity index (χ3v) is 15.6. The minimum Gasteiger partial charge on any atom is -0.508 e. The molecule has 5 aromatic rings. The summed E-state index contributed by atoms with van der Waals surface area (Å²) < 4.78 is 4.92. The third kappa shape index (κ3) is 19.1. The topological polar surface area (TPSA) is 411 Å². The maximum Gasteiger partial charge on any atom is 0.328 e. The van der Waals surface area contributed by atoms with E-state index in [1.807, 2.05) is 24.3 Å². The molecule has 480 valence electrons. The summed E-state index contributed by atoms with van der Waals surface area (Å²) in [5.41, 5.74) is 9.57. The van der Waals surface area contributed by atoms with Gasteiger partial charge in [-0.15, -0.1) is 0 Å². The molecule has 0 unspecified atom stereocenters. The maximum absolute atomic E-state index is 14.6. The summed E-state index contributed by atoms with van der Waals surface area (Å²) in [5, 5.41) is 54.3. The van der Waals surface area contributed by atoms with Gasteiger partial charge in [-0.3, -0.25) is 47.9 Å². The van der Waals surface area contributed by atoms with E-state index in [0.29, 0.717) is 36.0 Å². The third-order valence-electron chi connectivity index (χ3n) is 15.6. The second-order valence-corrected chi connectivity index (χ2v) is 22.4. The fourth-order valence-electron chi connectivity index (χ4n) is 10.6. The molecule has 90 heavy (non-hydrogen) atoms. The summed E-state index contributed by atoms with van der Waals surface area (Å²) in [5.74, 6) is -7.67. The summed E-state index contributed by atoms with van der Waals surface area (Å²) >= 11 is 0. The van der Waals surface area contributed by atoms with E-state index in [-0.39, 0.29) is 63.1 Å². The highest BCUT2D eigenvalue weighted by Crippen LogP contribution is 2.23. The molecule has 0 saturated carbocycles. The summed E-state index contributed by atoms with van der Waals surface area (Å²) in [4.78, 5) is 153. The van der Waals surface area contributed by atoms with Crippen LogP contribution in [0.2, 0.25) is 0 Å². The molecule has 0 spiro atoms. The number of benzene rings is 4. The van der Waals surface area contributed by atoms with Gasteiger partial charge < -0.3 is 83.5 Å². The van der Waals surface area contributed by atoms with Crippen LogP contribution in [-0.4, -0.2) is 177 Å². The average molecular weight is 1240 g/mol. The maximum atomic E-state index is 14.6. The summed E-state index contributed by atoms with van der Waals surface area (Å²) in [7, 11) is 1.19. The van der Waals surface area contributed by atoms with Crippen LogP contribution in [0.1, 0.15) is 74.6 Å². The smallest absolute Gasteiger partial charge is 0.328 e. The second kappa shape index (κ2) is 32.4. The zero-order valence-corrected chi connectivity index (χ0v) is 50.1. The number of H-pyrrole nitrogens is 1. The number of aromatic nitrogens is 1. The van der Waals surface area contributed by atoms with Crippen molar-refractivity contribution >= 4 is 75.9 Å². The Morgan fingerprint density at radius 2 is 1.20 bits per heavy atom. The lowest BCUT2D eigenvalue weighted by molar-refractivity contribution is -0.145. The second-order valence-electron chi connectivity index (χ2n) is 22.4. The first-order chi connectivity index (χ1) is 43.1. The molecular formula is C63H78N12O15.